The van der Waals surface area contributed by atoms with E-state index >= 15 is 0 Å². The van der Waals surface area contributed by atoms with Crippen LogP contribution in [0.4, 0.5) is 4.79 Å². The number of nitrogens with zero attached hydrogens (tertiary/aromatic N) is 2. The number of carbonyl (C=O) groups is 1. The van der Waals surface area contributed by atoms with E-state index in [9.17, 15) is 4.79 Å². The van der Waals surface area contributed by atoms with Gasteiger partial charge in [0.05, 0.1) is 0 Å². The average Bonchev–Trinajstić information content (AvgIpc) is 2.32. The fourth-order valence-corrected chi connectivity index (χ4v) is 1.96. The molecule has 1 saturated heterocycles. The fraction of sp³-hybridized carbons (Fsp3) is 0.778. The van der Waals surface area contributed by atoms with Gasteiger partial charge in [-0.25, -0.2) is 4.79 Å². The van der Waals surface area contributed by atoms with E-state index in [1.807, 2.05) is 32.7 Å². The number of carbonyl (C=O) groups excluding carboxylic acids is 1. The zero-order chi connectivity index (χ0) is 10.8. The number of hydrogen-bond acceptors (Lipinski definition) is 3. The second-order valence-electron chi connectivity index (χ2n) is 4.14. The number of hydrogen-bond donors (Lipinski definition) is 0. The molecule has 1 rings (SSSR count). The van der Waals surface area contributed by atoms with Crippen LogP contribution < -0.4 is 0 Å². The van der Waals surface area contributed by atoms with Crippen molar-refractivity contribution in [1.29, 1.82) is 0 Å². The monoisotopic (exact) mass is 216 g/mol. The number of amidine groups is 1. The second kappa shape index (κ2) is 4.21. The lowest BCUT2D eigenvalue weighted by Gasteiger charge is -2.18. The molecule has 1 aliphatic heterocycles. The van der Waals surface area contributed by atoms with Crippen LogP contribution >= 0.6 is 11.8 Å². The first kappa shape index (κ1) is 11.4. The van der Waals surface area contributed by atoms with E-state index < -0.39 is 11.7 Å². The third kappa shape index (κ3) is 3.57. The van der Waals surface area contributed by atoms with E-state index in [1.165, 1.54) is 0 Å². The molecule has 0 atom stereocenters. The zero-order valence-electron chi connectivity index (χ0n) is 9.03. The van der Waals surface area contributed by atoms with Gasteiger partial charge in [-0.1, -0.05) is 11.8 Å². The lowest BCUT2D eigenvalue weighted by molar-refractivity contribution is 0.0603. The van der Waals surface area contributed by atoms with Gasteiger partial charge in [0.2, 0.25) is 0 Å². The molecule has 1 amide bonds. The maximum absolute atomic E-state index is 11.3. The number of ether oxygens (including phenoxy) is 1. The molecular formula is C9H16N2O2S. The first-order valence-corrected chi connectivity index (χ1v) is 5.53. The van der Waals surface area contributed by atoms with Gasteiger partial charge in [-0.2, -0.15) is 4.99 Å². The van der Waals surface area contributed by atoms with Gasteiger partial charge in [-0.15, -0.1) is 0 Å². The van der Waals surface area contributed by atoms with Gasteiger partial charge in [0.15, 0.2) is 5.17 Å². The summed E-state index contributed by atoms with van der Waals surface area (Å²) in [6.07, 6.45) is -0.506. The summed E-state index contributed by atoms with van der Waals surface area (Å²) in [5.74, 6) is 0.984. The highest BCUT2D eigenvalue weighted by atomic mass is 32.2. The maximum atomic E-state index is 11.3. The van der Waals surface area contributed by atoms with Crippen molar-refractivity contribution in [3.63, 3.8) is 0 Å². The predicted octanol–water partition coefficient (Wildman–Crippen LogP) is 1.96. The normalized spacial score (nSPS) is 20.3. The van der Waals surface area contributed by atoms with Crippen molar-refractivity contribution in [2.45, 2.75) is 26.4 Å². The summed E-state index contributed by atoms with van der Waals surface area (Å²) in [4.78, 5) is 17.2. The highest BCUT2D eigenvalue weighted by Crippen LogP contribution is 2.17. The number of rotatable bonds is 0. The summed E-state index contributed by atoms with van der Waals surface area (Å²) < 4.78 is 5.08. The molecule has 14 heavy (non-hydrogen) atoms. The van der Waals surface area contributed by atoms with Gasteiger partial charge in [0.25, 0.3) is 0 Å². The zero-order valence-corrected chi connectivity index (χ0v) is 9.85. The number of amides is 1. The van der Waals surface area contributed by atoms with Gasteiger partial charge in [-0.3, -0.25) is 0 Å². The Hall–Kier alpha value is -0.710. The second-order valence-corrected chi connectivity index (χ2v) is 5.21. The molecule has 4 nitrogen and oxygen atoms in total. The third-order valence-electron chi connectivity index (χ3n) is 1.56. The summed E-state index contributed by atoms with van der Waals surface area (Å²) in [6.45, 7) is 6.43. The van der Waals surface area contributed by atoms with E-state index in [4.69, 9.17) is 4.74 Å². The first-order valence-electron chi connectivity index (χ1n) is 4.54. The summed E-state index contributed by atoms with van der Waals surface area (Å²) >= 11 is 1.58. The minimum absolute atomic E-state index is 0.469. The molecular weight excluding hydrogens is 200 g/mol. The quantitative estimate of drug-likeness (QED) is 0.620. The molecule has 1 aliphatic rings. The summed E-state index contributed by atoms with van der Waals surface area (Å²) in [6, 6.07) is 0. The molecule has 0 bridgehead atoms. The van der Waals surface area contributed by atoms with Gasteiger partial charge in [0, 0.05) is 19.3 Å². The predicted molar refractivity (Wildman–Crippen MR) is 58.8 cm³/mol. The number of thioether (sulfide) groups is 1. The Morgan fingerprint density at radius 1 is 1.57 bits per heavy atom. The molecule has 0 N–H and O–H groups in total. The minimum atomic E-state index is -0.506. The van der Waals surface area contributed by atoms with Gasteiger partial charge >= 0.3 is 6.09 Å². The maximum Gasteiger partial charge on any atom is 0.436 e. The van der Waals surface area contributed by atoms with E-state index in [0.717, 1.165) is 17.5 Å². The van der Waals surface area contributed by atoms with E-state index in [-0.39, 0.29) is 0 Å². The average molecular weight is 216 g/mol. The van der Waals surface area contributed by atoms with Crippen molar-refractivity contribution in [3.05, 3.63) is 0 Å². The van der Waals surface area contributed by atoms with Gasteiger partial charge < -0.3 is 9.64 Å². The Bertz CT molecular complexity index is 258. The molecule has 0 aromatic rings. The molecule has 1 heterocycles. The summed E-state index contributed by atoms with van der Waals surface area (Å²) in [7, 11) is 1.92. The van der Waals surface area contributed by atoms with Crippen LogP contribution in [0.2, 0.25) is 0 Å². The lowest BCUT2D eigenvalue weighted by Crippen LogP contribution is -2.24. The SMILES string of the molecule is CN1CCS/C1=N\C(=O)OC(C)(C)C. The van der Waals surface area contributed by atoms with Gasteiger partial charge in [-0.05, 0) is 20.8 Å². The highest BCUT2D eigenvalue weighted by molar-refractivity contribution is 8.14. The molecule has 0 radical (unpaired) electrons. The van der Waals surface area contributed by atoms with Crippen molar-refractivity contribution >= 4 is 23.0 Å². The molecule has 80 valence electrons. The van der Waals surface area contributed by atoms with Crippen LogP contribution in [0, 0.1) is 0 Å². The Morgan fingerprint density at radius 3 is 2.64 bits per heavy atom. The summed E-state index contributed by atoms with van der Waals surface area (Å²) in [5, 5.41) is 0.749. The van der Waals surface area contributed by atoms with Crippen molar-refractivity contribution in [2.24, 2.45) is 4.99 Å². The van der Waals surface area contributed by atoms with Crippen LogP contribution in [0.1, 0.15) is 20.8 Å². The molecule has 5 heteroatoms. The molecule has 0 aromatic carbocycles. The molecule has 1 fully saturated rings. The lowest BCUT2D eigenvalue weighted by atomic mass is 10.2. The fourth-order valence-electron chi connectivity index (χ4n) is 0.960. The van der Waals surface area contributed by atoms with Gasteiger partial charge in [0.1, 0.15) is 5.60 Å². The van der Waals surface area contributed by atoms with Crippen molar-refractivity contribution in [1.82, 2.24) is 4.90 Å². The highest BCUT2D eigenvalue weighted by Gasteiger charge is 2.20. The van der Waals surface area contributed by atoms with Crippen LogP contribution in [0.3, 0.4) is 0 Å². The van der Waals surface area contributed by atoms with E-state index in [0.29, 0.717) is 0 Å². The summed E-state index contributed by atoms with van der Waals surface area (Å²) in [5.41, 5.74) is -0.469. The largest absolute Gasteiger partial charge is 0.442 e. The van der Waals surface area contributed by atoms with Crippen LogP contribution in [-0.2, 0) is 4.74 Å². The van der Waals surface area contributed by atoms with Crippen LogP contribution in [0.5, 0.6) is 0 Å². The number of aliphatic imine (C=N–C) groups is 1. The topological polar surface area (TPSA) is 41.9 Å². The molecule has 0 saturated carbocycles. The minimum Gasteiger partial charge on any atom is -0.442 e. The Morgan fingerprint density at radius 2 is 2.21 bits per heavy atom. The van der Waals surface area contributed by atoms with Crippen molar-refractivity contribution < 1.29 is 9.53 Å². The molecule has 0 aromatic heterocycles. The standard InChI is InChI=1S/C9H16N2O2S/c1-9(2,3)13-8(12)10-7-11(4)5-6-14-7/h5-6H2,1-4H3/b10-7-. The van der Waals surface area contributed by atoms with Crippen LogP contribution in [0.25, 0.3) is 0 Å². The third-order valence-corrected chi connectivity index (χ3v) is 2.61. The van der Waals surface area contributed by atoms with E-state index in [1.54, 1.807) is 11.8 Å². The molecule has 0 aliphatic carbocycles. The first-order chi connectivity index (χ1) is 6.38. The smallest absolute Gasteiger partial charge is 0.436 e. The van der Waals surface area contributed by atoms with Crippen molar-refractivity contribution in [2.75, 3.05) is 19.3 Å². The Labute approximate surface area is 88.7 Å². The molecule has 0 unspecified atom stereocenters. The van der Waals surface area contributed by atoms with E-state index in [2.05, 4.69) is 4.99 Å². The van der Waals surface area contributed by atoms with Crippen LogP contribution in [-0.4, -0.2) is 41.1 Å². The van der Waals surface area contributed by atoms with Crippen molar-refractivity contribution in [3.8, 4) is 0 Å². The van der Waals surface area contributed by atoms with Crippen LogP contribution in [0.15, 0.2) is 4.99 Å². The Balaban J connectivity index is 2.55. The Kier molecular flexibility index (Phi) is 3.42. The molecule has 0 spiro atoms.